The van der Waals surface area contributed by atoms with Crippen molar-refractivity contribution in [3.63, 3.8) is 0 Å². The molecular weight excluding hydrogens is 274 g/mol. The molecule has 1 N–H and O–H groups in total. The van der Waals surface area contributed by atoms with Crippen LogP contribution < -0.4 is 5.32 Å². The number of rotatable bonds is 6. The Morgan fingerprint density at radius 1 is 1.35 bits per heavy atom. The molecular formula is C14H20ClN5. The van der Waals surface area contributed by atoms with E-state index in [0.29, 0.717) is 11.4 Å². The molecule has 2 aromatic rings. The van der Waals surface area contributed by atoms with Crippen molar-refractivity contribution < 1.29 is 0 Å². The van der Waals surface area contributed by atoms with Gasteiger partial charge in [0.25, 0.3) is 0 Å². The van der Waals surface area contributed by atoms with Crippen LogP contribution in [-0.2, 0) is 6.42 Å². The Bertz CT molecular complexity index is 552. The third-order valence-corrected chi connectivity index (χ3v) is 3.41. The monoisotopic (exact) mass is 293 g/mol. The van der Waals surface area contributed by atoms with Crippen LogP contribution in [0.2, 0.25) is 5.02 Å². The van der Waals surface area contributed by atoms with E-state index in [1.807, 2.05) is 16.8 Å². The molecule has 0 radical (unpaired) electrons. The maximum atomic E-state index is 6.25. The van der Waals surface area contributed by atoms with Gasteiger partial charge < -0.3 is 5.32 Å². The van der Waals surface area contributed by atoms with E-state index in [1.54, 1.807) is 12.5 Å². The van der Waals surface area contributed by atoms with Crippen LogP contribution in [0.1, 0.15) is 44.4 Å². The van der Waals surface area contributed by atoms with Gasteiger partial charge >= 0.3 is 0 Å². The molecule has 1 atom stereocenters. The van der Waals surface area contributed by atoms with Crippen molar-refractivity contribution in [1.82, 2.24) is 25.1 Å². The Labute approximate surface area is 124 Å². The van der Waals surface area contributed by atoms with Crippen LogP contribution in [0.3, 0.4) is 0 Å². The molecule has 0 aliphatic carbocycles. The van der Waals surface area contributed by atoms with Gasteiger partial charge in [-0.05, 0) is 32.5 Å². The zero-order valence-corrected chi connectivity index (χ0v) is 12.8. The van der Waals surface area contributed by atoms with Crippen molar-refractivity contribution in [3.05, 3.63) is 41.2 Å². The van der Waals surface area contributed by atoms with Gasteiger partial charge in [-0.1, -0.05) is 18.5 Å². The van der Waals surface area contributed by atoms with Crippen LogP contribution in [0.15, 0.2) is 24.7 Å². The minimum Gasteiger partial charge on any atom is -0.308 e. The summed E-state index contributed by atoms with van der Waals surface area (Å²) in [5.74, 6) is 0.938. The van der Waals surface area contributed by atoms with Crippen molar-refractivity contribution in [3.8, 4) is 0 Å². The van der Waals surface area contributed by atoms with Gasteiger partial charge in [0, 0.05) is 18.7 Å². The van der Waals surface area contributed by atoms with Crippen molar-refractivity contribution >= 4 is 11.6 Å². The van der Waals surface area contributed by atoms with Gasteiger partial charge in [-0.15, -0.1) is 0 Å². The number of pyridine rings is 1. The summed E-state index contributed by atoms with van der Waals surface area (Å²) in [6.07, 6.45) is 4.07. The van der Waals surface area contributed by atoms with E-state index >= 15 is 0 Å². The van der Waals surface area contributed by atoms with E-state index in [9.17, 15) is 0 Å². The summed E-state index contributed by atoms with van der Waals surface area (Å²) in [5.41, 5.74) is 0.856. The van der Waals surface area contributed by atoms with Gasteiger partial charge in [0.1, 0.15) is 12.2 Å². The Hall–Kier alpha value is -1.46. The zero-order chi connectivity index (χ0) is 14.5. The van der Waals surface area contributed by atoms with Crippen molar-refractivity contribution in [2.24, 2.45) is 0 Å². The first-order valence-corrected chi connectivity index (χ1v) is 7.23. The Balaban J connectivity index is 2.26. The highest BCUT2D eigenvalue weighted by atomic mass is 35.5. The molecule has 2 rings (SSSR count). The lowest BCUT2D eigenvalue weighted by Gasteiger charge is -2.19. The van der Waals surface area contributed by atoms with Gasteiger partial charge in [0.05, 0.1) is 16.8 Å². The summed E-state index contributed by atoms with van der Waals surface area (Å²) in [7, 11) is 0. The summed E-state index contributed by atoms with van der Waals surface area (Å²) in [4.78, 5) is 8.76. The van der Waals surface area contributed by atoms with Crippen LogP contribution in [0.5, 0.6) is 0 Å². The highest BCUT2D eigenvalue weighted by molar-refractivity contribution is 6.31. The first-order valence-electron chi connectivity index (χ1n) is 6.85. The molecule has 0 amide bonds. The second-order valence-corrected chi connectivity index (χ2v) is 5.31. The fourth-order valence-electron chi connectivity index (χ4n) is 2.20. The summed E-state index contributed by atoms with van der Waals surface area (Å²) in [6, 6.07) is 4.02. The van der Waals surface area contributed by atoms with Crippen LogP contribution in [0.4, 0.5) is 0 Å². The van der Waals surface area contributed by atoms with Crippen molar-refractivity contribution in [2.75, 3.05) is 6.54 Å². The third-order valence-electron chi connectivity index (χ3n) is 3.09. The Kier molecular flexibility index (Phi) is 5.09. The van der Waals surface area contributed by atoms with Gasteiger partial charge in [0.15, 0.2) is 0 Å². The second kappa shape index (κ2) is 6.81. The van der Waals surface area contributed by atoms with E-state index in [1.165, 1.54) is 0 Å². The standard InChI is InChI=1S/C14H20ClN5/c1-4-16-12(14-11(15)6-5-7-17-14)8-13-18-9-19-20(13)10(2)3/h5-7,9-10,12,16H,4,8H2,1-3H3. The summed E-state index contributed by atoms with van der Waals surface area (Å²) in [6.45, 7) is 7.09. The average Bonchev–Trinajstić information content (AvgIpc) is 2.87. The maximum Gasteiger partial charge on any atom is 0.138 e. The largest absolute Gasteiger partial charge is 0.308 e. The molecule has 0 aromatic carbocycles. The first kappa shape index (κ1) is 14.9. The molecule has 0 aliphatic rings. The number of likely N-dealkylation sites (N-methyl/N-ethyl adjacent to an activating group) is 1. The summed E-state index contributed by atoms with van der Waals surface area (Å²) < 4.78 is 1.93. The van der Waals surface area contributed by atoms with Gasteiger partial charge in [-0.3, -0.25) is 4.98 Å². The highest BCUT2D eigenvalue weighted by Crippen LogP contribution is 2.23. The van der Waals surface area contributed by atoms with Crippen LogP contribution in [0.25, 0.3) is 0 Å². The molecule has 6 heteroatoms. The predicted octanol–water partition coefficient (Wildman–Crippen LogP) is 2.80. The molecule has 2 heterocycles. The number of hydrogen-bond donors (Lipinski definition) is 1. The topological polar surface area (TPSA) is 55.6 Å². The normalized spacial score (nSPS) is 12.8. The minimum absolute atomic E-state index is 0.0374. The van der Waals surface area contributed by atoms with Gasteiger partial charge in [-0.2, -0.15) is 5.10 Å². The van der Waals surface area contributed by atoms with Crippen LogP contribution in [-0.4, -0.2) is 26.3 Å². The minimum atomic E-state index is 0.0374. The van der Waals surface area contributed by atoms with Gasteiger partial charge in [-0.25, -0.2) is 9.67 Å². The molecule has 5 nitrogen and oxygen atoms in total. The van der Waals surface area contributed by atoms with E-state index in [4.69, 9.17) is 11.6 Å². The lowest BCUT2D eigenvalue weighted by Crippen LogP contribution is -2.26. The number of hydrogen-bond acceptors (Lipinski definition) is 4. The van der Waals surface area contributed by atoms with E-state index in [-0.39, 0.29) is 12.1 Å². The average molecular weight is 294 g/mol. The van der Waals surface area contributed by atoms with E-state index in [2.05, 4.69) is 41.2 Å². The van der Waals surface area contributed by atoms with Crippen LogP contribution >= 0.6 is 11.6 Å². The smallest absolute Gasteiger partial charge is 0.138 e. The molecule has 108 valence electrons. The maximum absolute atomic E-state index is 6.25. The zero-order valence-electron chi connectivity index (χ0n) is 12.0. The van der Waals surface area contributed by atoms with E-state index < -0.39 is 0 Å². The lowest BCUT2D eigenvalue weighted by atomic mass is 10.1. The third kappa shape index (κ3) is 3.35. The highest BCUT2D eigenvalue weighted by Gasteiger charge is 2.19. The lowest BCUT2D eigenvalue weighted by molar-refractivity contribution is 0.464. The van der Waals surface area contributed by atoms with Crippen LogP contribution in [0, 0.1) is 0 Å². The second-order valence-electron chi connectivity index (χ2n) is 4.90. The summed E-state index contributed by atoms with van der Waals surface area (Å²) in [5, 5.41) is 8.36. The van der Waals surface area contributed by atoms with Crippen molar-refractivity contribution in [2.45, 2.75) is 39.3 Å². The SMILES string of the molecule is CCNC(Cc1ncnn1C(C)C)c1ncccc1Cl. The summed E-state index contributed by atoms with van der Waals surface area (Å²) >= 11 is 6.25. The molecule has 0 saturated heterocycles. The number of nitrogens with zero attached hydrogens (tertiary/aromatic N) is 4. The molecule has 0 saturated carbocycles. The number of aromatic nitrogens is 4. The molecule has 0 fully saturated rings. The van der Waals surface area contributed by atoms with Crippen molar-refractivity contribution in [1.29, 1.82) is 0 Å². The van der Waals surface area contributed by atoms with E-state index in [0.717, 1.165) is 18.1 Å². The first-order chi connectivity index (χ1) is 9.63. The molecule has 20 heavy (non-hydrogen) atoms. The molecule has 1 unspecified atom stereocenters. The number of nitrogens with one attached hydrogen (secondary N) is 1. The number of halogens is 1. The Morgan fingerprint density at radius 3 is 2.80 bits per heavy atom. The Morgan fingerprint density at radius 2 is 2.15 bits per heavy atom. The fourth-order valence-corrected chi connectivity index (χ4v) is 2.45. The molecule has 0 bridgehead atoms. The molecule has 2 aromatic heterocycles. The van der Waals surface area contributed by atoms with Gasteiger partial charge in [0.2, 0.25) is 0 Å². The molecule has 0 aliphatic heterocycles. The fraction of sp³-hybridized carbons (Fsp3) is 0.500. The predicted molar refractivity (Wildman–Crippen MR) is 79.8 cm³/mol. The quantitative estimate of drug-likeness (QED) is 0.890. The molecule has 0 spiro atoms.